The summed E-state index contributed by atoms with van der Waals surface area (Å²) in [4.78, 5) is 37.9. The van der Waals surface area contributed by atoms with E-state index in [-0.39, 0.29) is 12.8 Å². The first-order valence-corrected chi connectivity index (χ1v) is 5.03. The van der Waals surface area contributed by atoms with Gasteiger partial charge in [-0.3, -0.25) is 14.4 Å². The lowest BCUT2D eigenvalue weighted by molar-refractivity contribution is -0.185. The van der Waals surface area contributed by atoms with Crippen molar-refractivity contribution in [2.45, 2.75) is 32.0 Å². The monoisotopic (exact) mass is 229 g/mol. The van der Waals surface area contributed by atoms with E-state index in [9.17, 15) is 14.4 Å². The van der Waals surface area contributed by atoms with Crippen LogP contribution in [0.1, 0.15) is 25.7 Å². The molecule has 2 fully saturated rings. The maximum absolute atomic E-state index is 11.2. The molecule has 0 radical (unpaired) electrons. The predicted octanol–water partition coefficient (Wildman–Crippen LogP) is 0.340. The molecule has 0 aromatic carbocycles. The third kappa shape index (κ3) is 2.30. The van der Waals surface area contributed by atoms with Gasteiger partial charge in [0.1, 0.15) is 0 Å². The smallest absolute Gasteiger partial charge is 0.403 e. The molecular formula is C9H11NO6. The Morgan fingerprint density at radius 1 is 1.31 bits per heavy atom. The third-order valence-corrected chi connectivity index (χ3v) is 2.29. The third-order valence-electron chi connectivity index (χ3n) is 2.29. The molecule has 2 rings (SSSR count). The highest BCUT2D eigenvalue weighted by atomic mass is 16.9. The van der Waals surface area contributed by atoms with Crippen molar-refractivity contribution in [2.24, 2.45) is 0 Å². The molecule has 2 aliphatic heterocycles. The zero-order valence-corrected chi connectivity index (χ0v) is 8.51. The van der Waals surface area contributed by atoms with Gasteiger partial charge in [-0.1, -0.05) is 5.06 Å². The zero-order chi connectivity index (χ0) is 11.5. The van der Waals surface area contributed by atoms with Gasteiger partial charge < -0.3 is 9.47 Å². The second kappa shape index (κ2) is 4.48. The van der Waals surface area contributed by atoms with Crippen molar-refractivity contribution >= 4 is 18.0 Å². The average Bonchev–Trinajstić information content (AvgIpc) is 2.83. The minimum absolute atomic E-state index is 0.0615. The maximum atomic E-state index is 11.2. The Balaban J connectivity index is 1.82. The molecule has 2 aliphatic rings. The summed E-state index contributed by atoms with van der Waals surface area (Å²) in [6.45, 7) is 0.527. The molecule has 0 aromatic rings. The van der Waals surface area contributed by atoms with Crippen LogP contribution in [-0.4, -0.2) is 35.9 Å². The summed E-state index contributed by atoms with van der Waals surface area (Å²) in [5, 5.41) is 0.442. The van der Waals surface area contributed by atoms with Crippen LogP contribution in [0.5, 0.6) is 0 Å². The number of hydrogen-bond acceptors (Lipinski definition) is 6. The van der Waals surface area contributed by atoms with Crippen LogP contribution in [-0.2, 0) is 23.9 Å². The normalized spacial score (nSPS) is 25.0. The molecule has 0 aromatic heterocycles. The van der Waals surface area contributed by atoms with E-state index in [1.165, 1.54) is 0 Å². The summed E-state index contributed by atoms with van der Waals surface area (Å²) >= 11 is 0. The van der Waals surface area contributed by atoms with E-state index in [1.54, 1.807) is 0 Å². The first kappa shape index (κ1) is 10.9. The maximum Gasteiger partial charge on any atom is 0.536 e. The lowest BCUT2D eigenvalue weighted by Gasteiger charge is -2.14. The number of amides is 2. The zero-order valence-electron chi connectivity index (χ0n) is 8.51. The highest BCUT2D eigenvalue weighted by Crippen LogP contribution is 2.16. The summed E-state index contributed by atoms with van der Waals surface area (Å²) in [5.41, 5.74) is 0. The van der Waals surface area contributed by atoms with E-state index in [1.807, 2.05) is 0 Å². The molecule has 0 aliphatic carbocycles. The van der Waals surface area contributed by atoms with Gasteiger partial charge in [0.25, 0.3) is 11.8 Å². The number of imide groups is 1. The van der Waals surface area contributed by atoms with Gasteiger partial charge >= 0.3 is 6.16 Å². The van der Waals surface area contributed by atoms with E-state index >= 15 is 0 Å². The lowest BCUT2D eigenvalue weighted by Crippen LogP contribution is -2.33. The van der Waals surface area contributed by atoms with Gasteiger partial charge in [-0.2, -0.15) is 0 Å². The summed E-state index contributed by atoms with van der Waals surface area (Å²) in [6.07, 6.45) is -0.204. The Morgan fingerprint density at radius 2 is 2.00 bits per heavy atom. The van der Waals surface area contributed by atoms with Crippen LogP contribution in [0.4, 0.5) is 4.79 Å². The first-order valence-electron chi connectivity index (χ1n) is 5.03. The Bertz CT molecular complexity index is 306. The molecule has 2 amide bonds. The molecule has 0 unspecified atom stereocenters. The quantitative estimate of drug-likeness (QED) is 0.501. The Labute approximate surface area is 91.2 Å². The number of ether oxygens (including phenoxy) is 2. The first-order chi connectivity index (χ1) is 7.66. The van der Waals surface area contributed by atoms with Crippen molar-refractivity contribution in [3.8, 4) is 0 Å². The van der Waals surface area contributed by atoms with Crippen molar-refractivity contribution in [1.82, 2.24) is 5.06 Å². The summed E-state index contributed by atoms with van der Waals surface area (Å²) in [7, 11) is 0. The van der Waals surface area contributed by atoms with Crippen LogP contribution >= 0.6 is 0 Å². The van der Waals surface area contributed by atoms with E-state index < -0.39 is 24.3 Å². The molecule has 0 N–H and O–H groups in total. The fourth-order valence-corrected chi connectivity index (χ4v) is 1.50. The SMILES string of the molecule is O=C(O[C@@H]1CCCO1)ON1C(=O)CCC1=O. The molecule has 2 heterocycles. The van der Waals surface area contributed by atoms with Crippen LogP contribution in [0.25, 0.3) is 0 Å². The summed E-state index contributed by atoms with van der Waals surface area (Å²) < 4.78 is 9.77. The minimum Gasteiger partial charge on any atom is -0.403 e. The Kier molecular flexibility index (Phi) is 3.04. The molecule has 1 atom stereocenters. The Hall–Kier alpha value is -1.63. The van der Waals surface area contributed by atoms with Crippen molar-refractivity contribution in [3.63, 3.8) is 0 Å². The number of carbonyl (C=O) groups excluding carboxylic acids is 3. The van der Waals surface area contributed by atoms with Gasteiger partial charge in [-0.25, -0.2) is 4.79 Å². The van der Waals surface area contributed by atoms with Crippen LogP contribution in [0.15, 0.2) is 0 Å². The van der Waals surface area contributed by atoms with Gasteiger partial charge in [-0.05, 0) is 6.42 Å². The van der Waals surface area contributed by atoms with Gasteiger partial charge in [0, 0.05) is 19.3 Å². The van der Waals surface area contributed by atoms with Crippen LogP contribution in [0.3, 0.4) is 0 Å². The molecule has 7 nitrogen and oxygen atoms in total. The molecule has 2 saturated heterocycles. The Morgan fingerprint density at radius 3 is 2.56 bits per heavy atom. The van der Waals surface area contributed by atoms with Gasteiger partial charge in [0.15, 0.2) is 0 Å². The van der Waals surface area contributed by atoms with Gasteiger partial charge in [-0.15, -0.1) is 0 Å². The van der Waals surface area contributed by atoms with E-state index in [0.717, 1.165) is 6.42 Å². The fourth-order valence-electron chi connectivity index (χ4n) is 1.50. The average molecular weight is 229 g/mol. The lowest BCUT2D eigenvalue weighted by atomic mass is 10.4. The highest BCUT2D eigenvalue weighted by Gasteiger charge is 2.34. The molecule has 0 spiro atoms. The van der Waals surface area contributed by atoms with Crippen molar-refractivity contribution in [2.75, 3.05) is 6.61 Å². The van der Waals surface area contributed by atoms with E-state index in [2.05, 4.69) is 4.84 Å². The summed E-state index contributed by atoms with van der Waals surface area (Å²) in [6, 6.07) is 0. The summed E-state index contributed by atoms with van der Waals surface area (Å²) in [5.74, 6) is -1.07. The van der Waals surface area contributed by atoms with Crippen LogP contribution in [0.2, 0.25) is 0 Å². The predicted molar refractivity (Wildman–Crippen MR) is 47.6 cm³/mol. The fraction of sp³-hybridized carbons (Fsp3) is 0.667. The standard InChI is InChI=1S/C9H11NO6/c11-6-3-4-7(12)10(6)16-9(13)15-8-2-1-5-14-8/h8H,1-5H2/t8-/m1/s1. The van der Waals surface area contributed by atoms with Crippen molar-refractivity contribution in [3.05, 3.63) is 0 Å². The van der Waals surface area contributed by atoms with E-state index in [0.29, 0.717) is 18.1 Å². The number of hydroxylamine groups is 2. The molecular weight excluding hydrogens is 218 g/mol. The number of carbonyl (C=O) groups is 3. The highest BCUT2D eigenvalue weighted by molar-refractivity contribution is 6.01. The number of rotatable bonds is 2. The molecule has 88 valence electrons. The van der Waals surface area contributed by atoms with Crippen LogP contribution < -0.4 is 0 Å². The van der Waals surface area contributed by atoms with Gasteiger partial charge in [0.05, 0.1) is 6.61 Å². The number of nitrogens with zero attached hydrogens (tertiary/aromatic N) is 1. The molecule has 16 heavy (non-hydrogen) atoms. The van der Waals surface area contributed by atoms with Crippen LogP contribution in [0, 0.1) is 0 Å². The largest absolute Gasteiger partial charge is 0.536 e. The topological polar surface area (TPSA) is 82.1 Å². The molecule has 7 heteroatoms. The minimum atomic E-state index is -1.09. The second-order valence-electron chi connectivity index (χ2n) is 3.48. The second-order valence-corrected chi connectivity index (χ2v) is 3.48. The van der Waals surface area contributed by atoms with Crippen molar-refractivity contribution in [1.29, 1.82) is 0 Å². The van der Waals surface area contributed by atoms with Crippen molar-refractivity contribution < 1.29 is 28.7 Å². The van der Waals surface area contributed by atoms with E-state index in [4.69, 9.17) is 9.47 Å². The molecule has 0 saturated carbocycles. The number of hydrogen-bond donors (Lipinski definition) is 0. The molecule has 0 bridgehead atoms. The van der Waals surface area contributed by atoms with Gasteiger partial charge in [0.2, 0.25) is 6.29 Å².